The van der Waals surface area contributed by atoms with Crippen LogP contribution in [-0.2, 0) is 17.5 Å². The van der Waals surface area contributed by atoms with Crippen molar-refractivity contribution in [3.63, 3.8) is 0 Å². The maximum atomic E-state index is 13.2. The van der Waals surface area contributed by atoms with Gasteiger partial charge in [-0.15, -0.1) is 0 Å². The van der Waals surface area contributed by atoms with Crippen LogP contribution in [0.2, 0.25) is 0 Å². The molecule has 0 N–H and O–H groups in total. The zero-order valence-corrected chi connectivity index (χ0v) is 16.7. The van der Waals surface area contributed by atoms with E-state index in [1.807, 2.05) is 0 Å². The van der Waals surface area contributed by atoms with Crippen molar-refractivity contribution in [1.29, 1.82) is 0 Å². The Morgan fingerprint density at radius 1 is 1.20 bits per heavy atom. The average molecular weight is 423 g/mol. The summed E-state index contributed by atoms with van der Waals surface area (Å²) in [6, 6.07) is 3.09. The largest absolute Gasteiger partial charge is 0.467 e. The highest BCUT2D eigenvalue weighted by Crippen LogP contribution is 2.36. The summed E-state index contributed by atoms with van der Waals surface area (Å²) in [5.74, 6) is 0.905. The van der Waals surface area contributed by atoms with E-state index in [1.165, 1.54) is 25.7 Å². The molecule has 0 saturated carbocycles. The molecule has 1 aromatic carbocycles. The fourth-order valence-electron chi connectivity index (χ4n) is 4.48. The summed E-state index contributed by atoms with van der Waals surface area (Å²) in [6.07, 6.45) is 0.635. The molecule has 3 fully saturated rings. The normalized spacial score (nSPS) is 23.5. The lowest BCUT2D eigenvalue weighted by Gasteiger charge is -2.44. The van der Waals surface area contributed by atoms with Crippen molar-refractivity contribution in [2.24, 2.45) is 11.8 Å². The highest BCUT2D eigenvalue weighted by atomic mass is 19.4. The third-order valence-corrected chi connectivity index (χ3v) is 6.06. The second kappa shape index (κ2) is 8.39. The summed E-state index contributed by atoms with van der Waals surface area (Å²) in [7, 11) is 1.37. The van der Waals surface area contributed by atoms with E-state index >= 15 is 0 Å². The lowest BCUT2D eigenvalue weighted by molar-refractivity contribution is -0.137. The number of benzene rings is 1. The fraction of sp³-hybridized carbons (Fsp3) is 0.524. The number of hydrogen-bond acceptors (Lipinski definition) is 5. The van der Waals surface area contributed by atoms with Crippen LogP contribution in [0.15, 0.2) is 35.5 Å². The van der Waals surface area contributed by atoms with Crippen molar-refractivity contribution >= 4 is 0 Å². The molecule has 4 heterocycles. The molecule has 5 rings (SSSR count). The van der Waals surface area contributed by atoms with Crippen LogP contribution in [0.3, 0.4) is 0 Å². The van der Waals surface area contributed by atoms with E-state index in [9.17, 15) is 18.0 Å². The first kappa shape index (κ1) is 20.9. The van der Waals surface area contributed by atoms with Gasteiger partial charge in [-0.3, -0.25) is 9.36 Å². The SMILES string of the molecule is COCOc1cc(C(F)(F)F)ccc1-c1cncn(CC2CN3CCC2CC3)c1=O. The maximum absolute atomic E-state index is 13.2. The molecule has 2 bridgehead atoms. The predicted molar refractivity (Wildman–Crippen MR) is 104 cm³/mol. The average Bonchev–Trinajstić information content (AvgIpc) is 2.74. The minimum atomic E-state index is -4.52. The smallest absolute Gasteiger partial charge is 0.416 e. The molecule has 30 heavy (non-hydrogen) atoms. The molecule has 0 spiro atoms. The van der Waals surface area contributed by atoms with Gasteiger partial charge >= 0.3 is 6.18 Å². The molecule has 9 heteroatoms. The Balaban J connectivity index is 1.67. The molecule has 0 radical (unpaired) electrons. The van der Waals surface area contributed by atoms with E-state index in [0.717, 1.165) is 44.6 Å². The summed E-state index contributed by atoms with van der Waals surface area (Å²) in [6.45, 7) is 3.50. The van der Waals surface area contributed by atoms with Crippen LogP contribution in [0.5, 0.6) is 5.75 Å². The van der Waals surface area contributed by atoms with Crippen molar-refractivity contribution in [2.45, 2.75) is 25.6 Å². The van der Waals surface area contributed by atoms with Crippen LogP contribution in [0, 0.1) is 11.8 Å². The van der Waals surface area contributed by atoms with Crippen LogP contribution in [0.1, 0.15) is 18.4 Å². The van der Waals surface area contributed by atoms with Crippen molar-refractivity contribution < 1.29 is 22.6 Å². The Kier molecular flexibility index (Phi) is 5.84. The van der Waals surface area contributed by atoms with Gasteiger partial charge < -0.3 is 14.4 Å². The zero-order valence-electron chi connectivity index (χ0n) is 16.7. The van der Waals surface area contributed by atoms with Gasteiger partial charge in [0, 0.05) is 32.0 Å². The fourth-order valence-corrected chi connectivity index (χ4v) is 4.48. The highest BCUT2D eigenvalue weighted by molar-refractivity contribution is 5.69. The Morgan fingerprint density at radius 2 is 1.97 bits per heavy atom. The second-order valence-electron chi connectivity index (χ2n) is 7.92. The molecule has 0 amide bonds. The first-order chi connectivity index (χ1) is 14.4. The molecular weight excluding hydrogens is 399 g/mol. The minimum Gasteiger partial charge on any atom is -0.467 e. The van der Waals surface area contributed by atoms with E-state index in [1.54, 1.807) is 4.57 Å². The lowest BCUT2D eigenvalue weighted by Crippen LogP contribution is -2.49. The molecule has 1 unspecified atom stereocenters. The first-order valence-electron chi connectivity index (χ1n) is 9.97. The molecule has 3 saturated heterocycles. The molecular formula is C21H24F3N3O3. The third-order valence-electron chi connectivity index (χ3n) is 6.06. The minimum absolute atomic E-state index is 0.0637. The van der Waals surface area contributed by atoms with Gasteiger partial charge in [0.15, 0.2) is 6.79 Å². The van der Waals surface area contributed by atoms with Crippen LogP contribution < -0.4 is 10.3 Å². The molecule has 6 nitrogen and oxygen atoms in total. The number of ether oxygens (including phenoxy) is 2. The van der Waals surface area contributed by atoms with Crippen molar-refractivity contribution in [1.82, 2.24) is 14.5 Å². The van der Waals surface area contributed by atoms with Gasteiger partial charge in [-0.2, -0.15) is 13.2 Å². The molecule has 162 valence electrons. The molecule has 2 aromatic rings. The number of fused-ring (bicyclic) bond motifs is 3. The van der Waals surface area contributed by atoms with E-state index in [2.05, 4.69) is 9.88 Å². The highest BCUT2D eigenvalue weighted by Gasteiger charge is 2.35. The first-order valence-corrected chi connectivity index (χ1v) is 9.97. The summed E-state index contributed by atoms with van der Waals surface area (Å²) < 4.78 is 51.2. The van der Waals surface area contributed by atoms with E-state index in [0.29, 0.717) is 18.4 Å². The Hall–Kier alpha value is -2.39. The van der Waals surface area contributed by atoms with Gasteiger partial charge in [0.05, 0.1) is 17.5 Å². The second-order valence-corrected chi connectivity index (χ2v) is 7.92. The summed E-state index contributed by atoms with van der Waals surface area (Å²) >= 11 is 0. The number of hydrogen-bond donors (Lipinski definition) is 0. The Labute approximate surface area is 172 Å². The zero-order chi connectivity index (χ0) is 21.3. The molecule has 1 atom stereocenters. The maximum Gasteiger partial charge on any atom is 0.416 e. The quantitative estimate of drug-likeness (QED) is 0.668. The van der Waals surface area contributed by atoms with Gasteiger partial charge in [-0.1, -0.05) is 0 Å². The Morgan fingerprint density at radius 3 is 2.60 bits per heavy atom. The van der Waals surface area contributed by atoms with Gasteiger partial charge in [0.2, 0.25) is 0 Å². The van der Waals surface area contributed by atoms with Crippen LogP contribution in [-0.4, -0.2) is 48.0 Å². The molecule has 3 aliphatic rings. The number of methoxy groups -OCH3 is 1. The topological polar surface area (TPSA) is 56.6 Å². The van der Waals surface area contributed by atoms with Crippen molar-refractivity contribution in [2.75, 3.05) is 33.5 Å². The van der Waals surface area contributed by atoms with Gasteiger partial charge in [0.1, 0.15) is 5.75 Å². The van der Waals surface area contributed by atoms with Gasteiger partial charge in [0.25, 0.3) is 5.56 Å². The van der Waals surface area contributed by atoms with Gasteiger partial charge in [-0.05, 0) is 56.0 Å². The Bertz CT molecular complexity index is 952. The van der Waals surface area contributed by atoms with E-state index in [-0.39, 0.29) is 29.2 Å². The number of rotatable bonds is 6. The number of aromatic nitrogens is 2. The number of halogens is 3. The summed E-state index contributed by atoms with van der Waals surface area (Å²) in [5.41, 5.74) is -0.670. The van der Waals surface area contributed by atoms with Crippen LogP contribution >= 0.6 is 0 Å². The van der Waals surface area contributed by atoms with E-state index < -0.39 is 11.7 Å². The molecule has 1 aromatic heterocycles. The number of nitrogens with zero attached hydrogens (tertiary/aromatic N) is 3. The molecule has 3 aliphatic heterocycles. The summed E-state index contributed by atoms with van der Waals surface area (Å²) in [4.78, 5) is 19.8. The molecule has 0 aliphatic carbocycles. The lowest BCUT2D eigenvalue weighted by atomic mass is 9.79. The van der Waals surface area contributed by atoms with Crippen LogP contribution in [0.25, 0.3) is 11.1 Å². The monoisotopic (exact) mass is 423 g/mol. The third kappa shape index (κ3) is 4.22. The van der Waals surface area contributed by atoms with Crippen molar-refractivity contribution in [3.8, 4) is 16.9 Å². The number of piperidine rings is 3. The standard InChI is InChI=1S/C21H24F3N3O3/c1-29-13-30-19-8-16(21(22,23)24)2-3-17(19)18-9-25-12-27(20(18)28)11-15-10-26-6-4-14(15)5-7-26/h2-3,8-9,12,14-15H,4-7,10-11,13H2,1H3. The predicted octanol–water partition coefficient (Wildman–Crippen LogP) is 3.25. The van der Waals surface area contributed by atoms with Crippen molar-refractivity contribution in [3.05, 3.63) is 46.6 Å². The summed E-state index contributed by atoms with van der Waals surface area (Å²) in [5, 5.41) is 0. The van der Waals surface area contributed by atoms with Crippen LogP contribution in [0.4, 0.5) is 13.2 Å². The van der Waals surface area contributed by atoms with E-state index in [4.69, 9.17) is 9.47 Å². The van der Waals surface area contributed by atoms with Gasteiger partial charge in [-0.25, -0.2) is 4.98 Å². The number of alkyl halides is 3.